The molecule has 1 unspecified atom stereocenters. The smallest absolute Gasteiger partial charge is 0.349 e. The molecule has 0 aliphatic carbocycles. The lowest BCUT2D eigenvalue weighted by Crippen LogP contribution is -2.59. The highest BCUT2D eigenvalue weighted by Crippen LogP contribution is 2.39. The second kappa shape index (κ2) is 16.6. The molecule has 49 heavy (non-hydrogen) atoms. The van der Waals surface area contributed by atoms with Gasteiger partial charge in [-0.2, -0.15) is 0 Å². The van der Waals surface area contributed by atoms with Gasteiger partial charge in [0.25, 0.3) is 0 Å². The zero-order valence-electron chi connectivity index (χ0n) is 28.0. The van der Waals surface area contributed by atoms with E-state index < -0.39 is 83.2 Å². The summed E-state index contributed by atoms with van der Waals surface area (Å²) in [5, 5.41) is 12.3. The average molecular weight is 708 g/mol. The predicted molar refractivity (Wildman–Crippen MR) is 170 cm³/mol. The van der Waals surface area contributed by atoms with Crippen LogP contribution >= 0.6 is 11.6 Å². The fourth-order valence-electron chi connectivity index (χ4n) is 5.15. The van der Waals surface area contributed by atoms with Gasteiger partial charge in [-0.3, -0.25) is 29.3 Å². The summed E-state index contributed by atoms with van der Waals surface area (Å²) in [5.74, 6) is -3.80. The largest absolute Gasteiger partial charge is 0.469 e. The van der Waals surface area contributed by atoms with Crippen LogP contribution in [0.3, 0.4) is 0 Å². The second-order valence-electron chi connectivity index (χ2n) is 11.5. The molecule has 1 aliphatic heterocycles. The molecule has 0 saturated carbocycles. The molecule has 1 saturated heterocycles. The average Bonchev–Trinajstić information content (AvgIpc) is 2.99. The molecule has 5 atom stereocenters. The van der Waals surface area contributed by atoms with Crippen molar-refractivity contribution in [2.45, 2.75) is 91.0 Å². The third kappa shape index (κ3) is 10.4. The van der Waals surface area contributed by atoms with Crippen molar-refractivity contribution in [2.24, 2.45) is 0 Å². The summed E-state index contributed by atoms with van der Waals surface area (Å²) in [4.78, 5) is 71.9. The van der Waals surface area contributed by atoms with Gasteiger partial charge in [0.1, 0.15) is 18.8 Å². The molecule has 0 bridgehead atoms. The maximum absolute atomic E-state index is 12.3. The van der Waals surface area contributed by atoms with Crippen LogP contribution in [-0.2, 0) is 58.8 Å². The van der Waals surface area contributed by atoms with Gasteiger partial charge in [0, 0.05) is 38.8 Å². The molecule has 0 N–H and O–H groups in total. The highest BCUT2D eigenvalue weighted by atomic mass is 35.5. The standard InChI is InChI=1S/C33H38ClNO14/c1-8-43-32(40)33(6,7)49-26-12-9-21(14-25(26)35(41)42)13-23-15-22(10-11-24(23)34)28-30(46-19(4)38)31(47-20(5)39)29(45-18(3)37)27(48-28)16-44-17(2)36/h9-12,14-15,27-31H,8,13,16H2,1-7H3/t27-,28+,29-,30+,31?/m1/s1. The molecule has 1 heterocycles. The number of rotatable bonds is 13. The zero-order valence-corrected chi connectivity index (χ0v) is 28.8. The molecule has 0 radical (unpaired) electrons. The highest BCUT2D eigenvalue weighted by Gasteiger charge is 2.52. The molecule has 0 amide bonds. The van der Waals surface area contributed by atoms with Gasteiger partial charge in [0.15, 0.2) is 24.1 Å². The van der Waals surface area contributed by atoms with Gasteiger partial charge in [-0.15, -0.1) is 0 Å². The summed E-state index contributed by atoms with van der Waals surface area (Å²) in [7, 11) is 0. The van der Waals surface area contributed by atoms with Crippen LogP contribution in [-0.4, -0.2) is 78.0 Å². The highest BCUT2D eigenvalue weighted by molar-refractivity contribution is 6.31. The van der Waals surface area contributed by atoms with Gasteiger partial charge in [-0.1, -0.05) is 29.8 Å². The minimum Gasteiger partial charge on any atom is -0.469 e. The van der Waals surface area contributed by atoms with Crippen molar-refractivity contribution in [1.82, 2.24) is 0 Å². The molecule has 1 aliphatic rings. The first-order valence-corrected chi connectivity index (χ1v) is 15.5. The molecular weight excluding hydrogens is 670 g/mol. The Morgan fingerprint density at radius 2 is 1.47 bits per heavy atom. The lowest BCUT2D eigenvalue weighted by atomic mass is 9.89. The first-order valence-electron chi connectivity index (χ1n) is 15.2. The molecule has 1 fully saturated rings. The monoisotopic (exact) mass is 707 g/mol. The number of nitrogens with zero attached hydrogens (tertiary/aromatic N) is 1. The number of carbonyl (C=O) groups excluding carboxylic acids is 5. The molecule has 0 spiro atoms. The Labute approximate surface area is 287 Å². The number of ether oxygens (including phenoxy) is 7. The van der Waals surface area contributed by atoms with E-state index >= 15 is 0 Å². The molecule has 2 aromatic rings. The zero-order chi connectivity index (χ0) is 36.6. The van der Waals surface area contributed by atoms with Crippen molar-refractivity contribution < 1.29 is 62.1 Å². The van der Waals surface area contributed by atoms with Crippen LogP contribution in [0.25, 0.3) is 0 Å². The van der Waals surface area contributed by atoms with Gasteiger partial charge < -0.3 is 33.2 Å². The Hall–Kier alpha value is -4.76. The Bertz CT molecular complexity index is 1590. The van der Waals surface area contributed by atoms with Crippen molar-refractivity contribution in [2.75, 3.05) is 13.2 Å². The molecule has 2 aromatic carbocycles. The first-order chi connectivity index (χ1) is 22.9. The van der Waals surface area contributed by atoms with Crippen molar-refractivity contribution in [3.05, 3.63) is 68.2 Å². The van der Waals surface area contributed by atoms with E-state index in [1.54, 1.807) is 25.1 Å². The van der Waals surface area contributed by atoms with E-state index in [1.165, 1.54) is 39.0 Å². The molecule has 16 heteroatoms. The van der Waals surface area contributed by atoms with Crippen LogP contribution < -0.4 is 4.74 Å². The number of carbonyl (C=O) groups is 5. The van der Waals surface area contributed by atoms with Gasteiger partial charge >= 0.3 is 35.5 Å². The Morgan fingerprint density at radius 1 is 0.857 bits per heavy atom. The third-order valence-electron chi connectivity index (χ3n) is 7.14. The number of hydrogen-bond donors (Lipinski definition) is 0. The van der Waals surface area contributed by atoms with E-state index in [-0.39, 0.29) is 23.8 Å². The Morgan fingerprint density at radius 3 is 2.04 bits per heavy atom. The molecule has 0 aromatic heterocycles. The maximum Gasteiger partial charge on any atom is 0.349 e. The van der Waals surface area contributed by atoms with Gasteiger partial charge in [0.2, 0.25) is 5.60 Å². The topological polar surface area (TPSA) is 193 Å². The fraction of sp³-hybridized carbons (Fsp3) is 0.485. The van der Waals surface area contributed by atoms with Gasteiger partial charge in [-0.05, 0) is 56.0 Å². The summed E-state index contributed by atoms with van der Waals surface area (Å²) < 4.78 is 38.6. The van der Waals surface area contributed by atoms with E-state index in [9.17, 15) is 34.1 Å². The lowest BCUT2D eigenvalue weighted by molar-refractivity contribution is -0.386. The van der Waals surface area contributed by atoms with E-state index in [2.05, 4.69) is 0 Å². The fourth-order valence-corrected chi connectivity index (χ4v) is 5.33. The quantitative estimate of drug-likeness (QED) is 0.123. The van der Waals surface area contributed by atoms with Gasteiger partial charge in [0.05, 0.1) is 11.5 Å². The van der Waals surface area contributed by atoms with Crippen molar-refractivity contribution >= 4 is 47.1 Å². The second-order valence-corrected chi connectivity index (χ2v) is 11.9. The van der Waals surface area contributed by atoms with Crippen molar-refractivity contribution in [3.8, 4) is 5.75 Å². The Balaban J connectivity index is 2.05. The number of nitro benzene ring substituents is 1. The molecule has 3 rings (SSSR count). The summed E-state index contributed by atoms with van der Waals surface area (Å²) in [6, 6.07) is 8.95. The number of nitro groups is 1. The number of halogens is 1. The SMILES string of the molecule is CCOC(=O)C(C)(C)Oc1ccc(Cc2cc([C@@H]3O[C@H](COC(C)=O)[C@@H](OC(C)=O)C(OC(C)=O)[C@H]3OC(C)=O)ccc2Cl)cc1[N+](=O)[O-]. The van der Waals surface area contributed by atoms with Crippen LogP contribution in [0.1, 0.15) is 71.3 Å². The van der Waals surface area contributed by atoms with Crippen LogP contribution in [0.15, 0.2) is 36.4 Å². The first kappa shape index (κ1) is 38.7. The van der Waals surface area contributed by atoms with Crippen LogP contribution in [0.2, 0.25) is 5.02 Å². The van der Waals surface area contributed by atoms with E-state index in [0.29, 0.717) is 16.7 Å². The summed E-state index contributed by atoms with van der Waals surface area (Å²) in [5.41, 5.74) is -0.607. The third-order valence-corrected chi connectivity index (χ3v) is 7.50. The minimum absolute atomic E-state index is 0.0698. The van der Waals surface area contributed by atoms with Crippen molar-refractivity contribution in [1.29, 1.82) is 0 Å². The van der Waals surface area contributed by atoms with Crippen molar-refractivity contribution in [3.63, 3.8) is 0 Å². The molecule has 15 nitrogen and oxygen atoms in total. The minimum atomic E-state index is -1.51. The summed E-state index contributed by atoms with van der Waals surface area (Å²) in [6.07, 6.45) is -6.30. The van der Waals surface area contributed by atoms with Crippen LogP contribution in [0.4, 0.5) is 5.69 Å². The number of benzene rings is 2. The number of esters is 5. The van der Waals surface area contributed by atoms with E-state index in [1.807, 2.05) is 0 Å². The van der Waals surface area contributed by atoms with Crippen LogP contribution in [0.5, 0.6) is 5.75 Å². The maximum atomic E-state index is 12.3. The van der Waals surface area contributed by atoms with Gasteiger partial charge in [-0.25, -0.2) is 4.79 Å². The van der Waals surface area contributed by atoms with E-state index in [4.69, 9.17) is 44.8 Å². The molecule has 266 valence electrons. The molecular formula is C33H38ClNO14. The lowest BCUT2D eigenvalue weighted by Gasteiger charge is -2.44. The predicted octanol–water partition coefficient (Wildman–Crippen LogP) is 4.36. The summed E-state index contributed by atoms with van der Waals surface area (Å²) in [6.45, 7) is 8.73. The number of hydrogen-bond acceptors (Lipinski definition) is 14. The summed E-state index contributed by atoms with van der Waals surface area (Å²) >= 11 is 6.56. The van der Waals surface area contributed by atoms with E-state index in [0.717, 1.165) is 20.8 Å². The Kier molecular flexibility index (Phi) is 13.1. The normalized spacial score (nSPS) is 20.4. The van der Waals surface area contributed by atoms with Crippen LogP contribution in [0, 0.1) is 10.1 Å².